The van der Waals surface area contributed by atoms with Gasteiger partial charge in [-0.15, -0.1) is 0 Å². The lowest BCUT2D eigenvalue weighted by Crippen LogP contribution is -2.41. The number of alkyl halides is 2. The van der Waals surface area contributed by atoms with Gasteiger partial charge >= 0.3 is 5.97 Å². The van der Waals surface area contributed by atoms with Crippen LogP contribution in [0.2, 0.25) is 0 Å². The van der Waals surface area contributed by atoms with Gasteiger partial charge in [0, 0.05) is 6.42 Å². The first-order valence-electron chi connectivity index (χ1n) is 5.80. The largest absolute Gasteiger partial charge is 0.468 e. The number of esters is 1. The summed E-state index contributed by atoms with van der Waals surface area (Å²) in [6, 6.07) is 5.65. The third-order valence-electron chi connectivity index (χ3n) is 3.05. The molecule has 0 amide bonds. The van der Waals surface area contributed by atoms with Crippen LogP contribution in [0.25, 0.3) is 0 Å². The molecule has 1 atom stereocenters. The molecule has 1 saturated heterocycles. The molecule has 20 heavy (non-hydrogen) atoms. The monoisotopic (exact) mass is 305 g/mol. The number of carbonyl (C=O) groups excluding carboxylic acids is 1. The number of nitrogens with zero attached hydrogens (tertiary/aromatic N) is 1. The number of halogens is 2. The molecule has 1 aromatic rings. The summed E-state index contributed by atoms with van der Waals surface area (Å²) in [5.74, 6) is -4.23. The van der Waals surface area contributed by atoms with Crippen molar-refractivity contribution in [1.29, 1.82) is 0 Å². The lowest BCUT2D eigenvalue weighted by Gasteiger charge is -2.21. The van der Waals surface area contributed by atoms with Crippen LogP contribution in [0.1, 0.15) is 6.42 Å². The fourth-order valence-corrected chi connectivity index (χ4v) is 3.73. The number of methoxy groups -OCH3 is 1. The van der Waals surface area contributed by atoms with E-state index in [0.29, 0.717) is 4.31 Å². The van der Waals surface area contributed by atoms with Crippen molar-refractivity contribution in [3.8, 4) is 0 Å². The minimum Gasteiger partial charge on any atom is -0.468 e. The molecule has 110 valence electrons. The maximum atomic E-state index is 13.5. The van der Waals surface area contributed by atoms with Crippen LogP contribution < -0.4 is 0 Å². The quantitative estimate of drug-likeness (QED) is 0.789. The maximum absolute atomic E-state index is 13.5. The Hall–Kier alpha value is -1.54. The predicted molar refractivity (Wildman–Crippen MR) is 65.7 cm³/mol. The molecule has 1 aromatic carbocycles. The first-order valence-corrected chi connectivity index (χ1v) is 7.24. The van der Waals surface area contributed by atoms with Gasteiger partial charge in [0.1, 0.15) is 6.04 Å². The SMILES string of the molecule is COC(=O)[C@@H]1CC(F)(F)CN1S(=O)(=O)c1ccccc1. The van der Waals surface area contributed by atoms with E-state index in [9.17, 15) is 22.0 Å². The third-order valence-corrected chi connectivity index (χ3v) is 4.92. The second kappa shape index (κ2) is 5.10. The molecule has 1 fully saturated rings. The first-order chi connectivity index (χ1) is 9.28. The summed E-state index contributed by atoms with van der Waals surface area (Å²) in [7, 11) is -3.13. The highest BCUT2D eigenvalue weighted by atomic mass is 32.2. The van der Waals surface area contributed by atoms with Gasteiger partial charge in [0.2, 0.25) is 10.0 Å². The summed E-state index contributed by atoms with van der Waals surface area (Å²) in [5, 5.41) is 0. The zero-order valence-corrected chi connectivity index (χ0v) is 11.4. The van der Waals surface area contributed by atoms with Gasteiger partial charge in [-0.05, 0) is 12.1 Å². The Labute approximate surface area is 115 Å². The smallest absolute Gasteiger partial charge is 0.324 e. The Morgan fingerprint density at radius 1 is 1.35 bits per heavy atom. The van der Waals surface area contributed by atoms with Crippen molar-refractivity contribution in [2.75, 3.05) is 13.7 Å². The highest BCUT2D eigenvalue weighted by molar-refractivity contribution is 7.89. The molecule has 1 aliphatic heterocycles. The van der Waals surface area contributed by atoms with E-state index >= 15 is 0 Å². The summed E-state index contributed by atoms with van der Waals surface area (Å²) in [5.41, 5.74) is 0. The van der Waals surface area contributed by atoms with Crippen molar-refractivity contribution in [2.24, 2.45) is 0 Å². The highest BCUT2D eigenvalue weighted by Gasteiger charge is 2.53. The Balaban J connectivity index is 2.41. The van der Waals surface area contributed by atoms with Crippen LogP contribution in [0.5, 0.6) is 0 Å². The normalized spacial score (nSPS) is 22.6. The summed E-state index contributed by atoms with van der Waals surface area (Å²) < 4.78 is 56.5. The zero-order chi connectivity index (χ0) is 15.0. The number of hydrogen-bond acceptors (Lipinski definition) is 4. The van der Waals surface area contributed by atoms with E-state index in [1.807, 2.05) is 0 Å². The van der Waals surface area contributed by atoms with Gasteiger partial charge in [0.15, 0.2) is 0 Å². The van der Waals surface area contributed by atoms with E-state index in [0.717, 1.165) is 7.11 Å². The summed E-state index contributed by atoms with van der Waals surface area (Å²) in [6.45, 7) is -1.02. The number of ether oxygens (including phenoxy) is 1. The minimum absolute atomic E-state index is 0.133. The van der Waals surface area contributed by atoms with Gasteiger partial charge < -0.3 is 4.74 Å². The van der Waals surface area contributed by atoms with E-state index in [1.165, 1.54) is 24.3 Å². The average Bonchev–Trinajstić information content (AvgIpc) is 2.75. The highest BCUT2D eigenvalue weighted by Crippen LogP contribution is 2.36. The molecular weight excluding hydrogens is 292 g/mol. The number of carbonyl (C=O) groups is 1. The van der Waals surface area contributed by atoms with Gasteiger partial charge in [-0.3, -0.25) is 4.79 Å². The van der Waals surface area contributed by atoms with Crippen LogP contribution in [-0.4, -0.2) is 44.3 Å². The Bertz CT molecular complexity index is 603. The first kappa shape index (κ1) is 14.9. The van der Waals surface area contributed by atoms with Crippen LogP contribution in [0.4, 0.5) is 8.78 Å². The molecule has 0 spiro atoms. The number of benzene rings is 1. The molecule has 0 unspecified atom stereocenters. The van der Waals surface area contributed by atoms with Gasteiger partial charge in [-0.25, -0.2) is 17.2 Å². The lowest BCUT2D eigenvalue weighted by molar-refractivity contribution is -0.144. The molecule has 0 radical (unpaired) electrons. The predicted octanol–water partition coefficient (Wildman–Crippen LogP) is 1.26. The van der Waals surface area contributed by atoms with Crippen LogP contribution in [0, 0.1) is 0 Å². The molecule has 1 heterocycles. The van der Waals surface area contributed by atoms with E-state index in [-0.39, 0.29) is 4.90 Å². The number of hydrogen-bond donors (Lipinski definition) is 0. The van der Waals surface area contributed by atoms with Crippen LogP contribution in [0.3, 0.4) is 0 Å². The van der Waals surface area contributed by atoms with E-state index in [4.69, 9.17) is 0 Å². The Morgan fingerprint density at radius 2 is 1.95 bits per heavy atom. The van der Waals surface area contributed by atoms with Crippen LogP contribution in [-0.2, 0) is 19.6 Å². The van der Waals surface area contributed by atoms with E-state index in [1.54, 1.807) is 6.07 Å². The maximum Gasteiger partial charge on any atom is 0.324 e. The van der Waals surface area contributed by atoms with Crippen molar-refractivity contribution in [3.05, 3.63) is 30.3 Å². The molecule has 0 aromatic heterocycles. The third kappa shape index (κ3) is 2.66. The van der Waals surface area contributed by atoms with Crippen molar-refractivity contribution >= 4 is 16.0 Å². The fraction of sp³-hybridized carbons (Fsp3) is 0.417. The summed E-state index contributed by atoms with van der Waals surface area (Å²) >= 11 is 0. The molecule has 0 N–H and O–H groups in total. The molecule has 2 rings (SSSR count). The minimum atomic E-state index is -4.16. The molecule has 0 bridgehead atoms. The number of rotatable bonds is 3. The topological polar surface area (TPSA) is 63.7 Å². The van der Waals surface area contributed by atoms with Crippen LogP contribution >= 0.6 is 0 Å². The molecule has 0 aliphatic carbocycles. The standard InChI is InChI=1S/C12H13F2NO4S/c1-19-11(16)10-7-12(13,14)8-15(10)20(17,18)9-5-3-2-4-6-9/h2-6,10H,7-8H2,1H3/t10-/m0/s1. The number of sulfonamides is 1. The average molecular weight is 305 g/mol. The molecule has 0 saturated carbocycles. The lowest BCUT2D eigenvalue weighted by atomic mass is 10.2. The summed E-state index contributed by atoms with van der Waals surface area (Å²) in [6.07, 6.45) is -0.869. The van der Waals surface area contributed by atoms with Crippen molar-refractivity contribution in [1.82, 2.24) is 4.31 Å². The Kier molecular flexibility index (Phi) is 3.79. The van der Waals surface area contributed by atoms with Crippen molar-refractivity contribution < 1.29 is 26.7 Å². The second-order valence-corrected chi connectivity index (χ2v) is 6.35. The second-order valence-electron chi connectivity index (χ2n) is 4.46. The molecule has 5 nitrogen and oxygen atoms in total. The van der Waals surface area contributed by atoms with Crippen molar-refractivity contribution in [3.63, 3.8) is 0 Å². The van der Waals surface area contributed by atoms with Gasteiger partial charge in [0.05, 0.1) is 18.6 Å². The van der Waals surface area contributed by atoms with E-state index in [2.05, 4.69) is 4.74 Å². The Morgan fingerprint density at radius 3 is 2.50 bits per heavy atom. The molecule has 8 heteroatoms. The van der Waals surface area contributed by atoms with Crippen LogP contribution in [0.15, 0.2) is 35.2 Å². The van der Waals surface area contributed by atoms with Gasteiger partial charge in [-0.1, -0.05) is 18.2 Å². The molecule has 1 aliphatic rings. The summed E-state index contributed by atoms with van der Waals surface area (Å²) in [4.78, 5) is 11.4. The fourth-order valence-electron chi connectivity index (χ4n) is 2.10. The van der Waals surface area contributed by atoms with Crippen molar-refractivity contribution in [2.45, 2.75) is 23.3 Å². The zero-order valence-electron chi connectivity index (χ0n) is 10.6. The molecular formula is C12H13F2NO4S. The van der Waals surface area contributed by atoms with Gasteiger partial charge in [0.25, 0.3) is 5.92 Å². The van der Waals surface area contributed by atoms with E-state index < -0.39 is 40.9 Å². The van der Waals surface area contributed by atoms with Gasteiger partial charge in [-0.2, -0.15) is 4.31 Å².